The average Bonchev–Trinajstić information content (AvgIpc) is 3.12. The first-order chi connectivity index (χ1) is 8.24. The molecule has 6 nitrogen and oxygen atoms in total. The Morgan fingerprint density at radius 1 is 1.35 bits per heavy atom. The average molecular weight is 237 g/mol. The van der Waals surface area contributed by atoms with Gasteiger partial charge in [-0.15, -0.1) is 0 Å². The van der Waals surface area contributed by atoms with Crippen molar-refractivity contribution in [1.82, 2.24) is 9.97 Å². The molecule has 0 spiro atoms. The summed E-state index contributed by atoms with van der Waals surface area (Å²) in [5.74, 6) is 1.92. The zero-order chi connectivity index (χ0) is 12.3. The predicted octanol–water partition coefficient (Wildman–Crippen LogP) is -0.629. The van der Waals surface area contributed by atoms with E-state index in [2.05, 4.69) is 9.97 Å². The van der Waals surface area contributed by atoms with Crippen LogP contribution in [0, 0.1) is 0 Å². The lowest BCUT2D eigenvalue weighted by Gasteiger charge is -2.22. The van der Waals surface area contributed by atoms with Gasteiger partial charge in [-0.1, -0.05) is 0 Å². The molecule has 2 rings (SSSR count). The maximum atomic E-state index is 11.6. The summed E-state index contributed by atoms with van der Waals surface area (Å²) in [4.78, 5) is 20.8. The summed E-state index contributed by atoms with van der Waals surface area (Å²) < 4.78 is 0. The van der Waals surface area contributed by atoms with E-state index >= 15 is 0 Å². The number of H-pyrrole nitrogens is 1. The van der Waals surface area contributed by atoms with Crippen LogP contribution < -0.4 is 21.9 Å². The maximum Gasteiger partial charge on any atom is 0.252 e. The van der Waals surface area contributed by atoms with Crippen molar-refractivity contribution in [3.63, 3.8) is 0 Å². The van der Waals surface area contributed by atoms with Gasteiger partial charge >= 0.3 is 0 Å². The second-order valence-electron chi connectivity index (χ2n) is 4.33. The van der Waals surface area contributed by atoms with Gasteiger partial charge in [-0.2, -0.15) is 0 Å². The molecule has 1 aromatic rings. The van der Waals surface area contributed by atoms with E-state index in [0.717, 1.165) is 18.7 Å². The highest BCUT2D eigenvalue weighted by atomic mass is 16.1. The monoisotopic (exact) mass is 237 g/mol. The lowest BCUT2D eigenvalue weighted by atomic mass is 10.3. The molecule has 1 fully saturated rings. The molecule has 1 aliphatic rings. The third-order valence-electron chi connectivity index (χ3n) is 2.83. The summed E-state index contributed by atoms with van der Waals surface area (Å²) in [6.07, 6.45) is 2.22. The molecule has 0 amide bonds. The quantitative estimate of drug-likeness (QED) is 0.611. The minimum atomic E-state index is -0.101. The van der Waals surface area contributed by atoms with Crippen LogP contribution in [0.3, 0.4) is 0 Å². The van der Waals surface area contributed by atoms with Gasteiger partial charge in [0.05, 0.1) is 0 Å². The van der Waals surface area contributed by atoms with Gasteiger partial charge in [0, 0.05) is 38.2 Å². The Balaban J connectivity index is 2.24. The zero-order valence-corrected chi connectivity index (χ0v) is 9.85. The van der Waals surface area contributed by atoms with Crippen molar-refractivity contribution in [2.45, 2.75) is 18.8 Å². The second-order valence-corrected chi connectivity index (χ2v) is 4.33. The van der Waals surface area contributed by atoms with Crippen molar-refractivity contribution in [3.8, 4) is 0 Å². The van der Waals surface area contributed by atoms with Crippen molar-refractivity contribution in [2.75, 3.05) is 31.1 Å². The van der Waals surface area contributed by atoms with E-state index in [-0.39, 0.29) is 5.56 Å². The molecule has 0 aromatic carbocycles. The fourth-order valence-corrected chi connectivity index (χ4v) is 1.83. The molecular formula is C11H19N5O. The van der Waals surface area contributed by atoms with Crippen LogP contribution in [0.25, 0.3) is 0 Å². The molecule has 1 aromatic heterocycles. The Morgan fingerprint density at radius 3 is 2.53 bits per heavy atom. The Morgan fingerprint density at radius 2 is 2.00 bits per heavy atom. The maximum absolute atomic E-state index is 11.6. The summed E-state index contributed by atoms with van der Waals surface area (Å²) in [6.45, 7) is 2.37. The lowest BCUT2D eigenvalue weighted by molar-refractivity contribution is 0.756. The summed E-state index contributed by atoms with van der Waals surface area (Å²) in [7, 11) is 0. The number of aromatic nitrogens is 2. The van der Waals surface area contributed by atoms with Gasteiger partial charge in [0.15, 0.2) is 0 Å². The van der Waals surface area contributed by atoms with Crippen LogP contribution in [0.2, 0.25) is 0 Å². The minimum absolute atomic E-state index is 0.101. The van der Waals surface area contributed by atoms with Crippen LogP contribution >= 0.6 is 0 Å². The summed E-state index contributed by atoms with van der Waals surface area (Å²) >= 11 is 0. The summed E-state index contributed by atoms with van der Waals surface area (Å²) in [5.41, 5.74) is 11.0. The van der Waals surface area contributed by atoms with Crippen LogP contribution in [0.15, 0.2) is 10.9 Å². The van der Waals surface area contributed by atoms with Gasteiger partial charge in [-0.05, 0) is 12.8 Å². The normalized spacial score (nSPS) is 14.9. The topological polar surface area (TPSA) is 101 Å². The lowest BCUT2D eigenvalue weighted by Crippen LogP contribution is -2.35. The summed E-state index contributed by atoms with van der Waals surface area (Å²) in [5, 5.41) is 0. The predicted molar refractivity (Wildman–Crippen MR) is 67.2 cm³/mol. The zero-order valence-electron chi connectivity index (χ0n) is 9.85. The van der Waals surface area contributed by atoms with E-state index < -0.39 is 0 Å². The van der Waals surface area contributed by atoms with E-state index in [4.69, 9.17) is 11.5 Å². The number of aromatic amines is 1. The van der Waals surface area contributed by atoms with E-state index in [0.29, 0.717) is 37.9 Å². The van der Waals surface area contributed by atoms with Crippen LogP contribution in [0.1, 0.15) is 24.6 Å². The van der Waals surface area contributed by atoms with Gasteiger partial charge in [0.25, 0.3) is 5.56 Å². The molecule has 0 saturated heterocycles. The van der Waals surface area contributed by atoms with E-state index in [1.165, 1.54) is 6.07 Å². The Bertz CT molecular complexity index is 420. The highest BCUT2D eigenvalue weighted by Gasteiger charge is 2.26. The molecule has 0 bridgehead atoms. The first-order valence-corrected chi connectivity index (χ1v) is 6.01. The first-order valence-electron chi connectivity index (χ1n) is 6.01. The van der Waals surface area contributed by atoms with Crippen molar-refractivity contribution >= 4 is 5.82 Å². The second kappa shape index (κ2) is 5.29. The number of hydrogen-bond donors (Lipinski definition) is 3. The molecule has 94 valence electrons. The molecule has 1 aliphatic carbocycles. The SMILES string of the molecule is NCCN(CCN)c1cc(=O)[nH]c(C2CC2)n1. The number of rotatable bonds is 6. The number of nitrogens with two attached hydrogens (primary N) is 2. The van der Waals surface area contributed by atoms with Gasteiger partial charge in [-0.25, -0.2) is 4.98 Å². The van der Waals surface area contributed by atoms with Crippen LogP contribution in [0.5, 0.6) is 0 Å². The molecule has 1 saturated carbocycles. The van der Waals surface area contributed by atoms with E-state index in [9.17, 15) is 4.79 Å². The fourth-order valence-electron chi connectivity index (χ4n) is 1.83. The number of nitrogens with zero attached hydrogens (tertiary/aromatic N) is 2. The molecule has 0 radical (unpaired) electrons. The number of nitrogens with one attached hydrogen (secondary N) is 1. The van der Waals surface area contributed by atoms with E-state index in [1.807, 2.05) is 4.90 Å². The molecular weight excluding hydrogens is 218 g/mol. The van der Waals surface area contributed by atoms with Gasteiger partial charge in [0.1, 0.15) is 11.6 Å². The van der Waals surface area contributed by atoms with Crippen molar-refractivity contribution < 1.29 is 0 Å². The third kappa shape index (κ3) is 3.04. The molecule has 6 heteroatoms. The fraction of sp³-hybridized carbons (Fsp3) is 0.636. The van der Waals surface area contributed by atoms with Gasteiger partial charge in [0.2, 0.25) is 0 Å². The third-order valence-corrected chi connectivity index (χ3v) is 2.83. The van der Waals surface area contributed by atoms with Crippen molar-refractivity contribution in [3.05, 3.63) is 22.2 Å². The van der Waals surface area contributed by atoms with E-state index in [1.54, 1.807) is 0 Å². The Labute approximate surface area is 100 Å². The minimum Gasteiger partial charge on any atom is -0.354 e. The smallest absolute Gasteiger partial charge is 0.252 e. The van der Waals surface area contributed by atoms with Crippen LogP contribution in [-0.2, 0) is 0 Å². The molecule has 5 N–H and O–H groups in total. The standard InChI is InChI=1S/C11H19N5O/c12-3-5-16(6-4-13)9-7-10(17)15-11(14-9)8-1-2-8/h7-8H,1-6,12-13H2,(H,14,15,17). The highest BCUT2D eigenvalue weighted by molar-refractivity contribution is 5.38. The Hall–Kier alpha value is -1.40. The molecule has 0 unspecified atom stereocenters. The van der Waals surface area contributed by atoms with Crippen LogP contribution in [0.4, 0.5) is 5.82 Å². The van der Waals surface area contributed by atoms with Gasteiger partial charge in [-0.3, -0.25) is 4.79 Å². The molecule has 0 aliphatic heterocycles. The first kappa shape index (κ1) is 12.1. The molecule has 1 heterocycles. The van der Waals surface area contributed by atoms with Crippen molar-refractivity contribution in [1.29, 1.82) is 0 Å². The Kier molecular flexibility index (Phi) is 3.75. The van der Waals surface area contributed by atoms with Crippen molar-refractivity contribution in [2.24, 2.45) is 11.5 Å². The largest absolute Gasteiger partial charge is 0.354 e. The molecule has 0 atom stereocenters. The van der Waals surface area contributed by atoms with Gasteiger partial charge < -0.3 is 21.4 Å². The molecule has 17 heavy (non-hydrogen) atoms. The number of hydrogen-bond acceptors (Lipinski definition) is 5. The van der Waals surface area contributed by atoms with Crippen LogP contribution in [-0.4, -0.2) is 36.1 Å². The highest BCUT2D eigenvalue weighted by Crippen LogP contribution is 2.37. The number of anilines is 1. The summed E-state index contributed by atoms with van der Waals surface area (Å²) in [6, 6.07) is 1.51.